The van der Waals surface area contributed by atoms with Crippen LogP contribution in [0.4, 0.5) is 0 Å². The highest BCUT2D eigenvalue weighted by molar-refractivity contribution is 5.75. The van der Waals surface area contributed by atoms with E-state index in [0.29, 0.717) is 13.2 Å². The zero-order chi connectivity index (χ0) is 20.8. The van der Waals surface area contributed by atoms with Crippen molar-refractivity contribution in [1.82, 2.24) is 9.55 Å². The molecule has 30 heavy (non-hydrogen) atoms. The topological polar surface area (TPSA) is 45.5 Å². The minimum absolute atomic E-state index is 0.424. The Morgan fingerprint density at radius 1 is 0.800 bits per heavy atom. The van der Waals surface area contributed by atoms with Gasteiger partial charge in [-0.05, 0) is 49.2 Å². The molecule has 0 radical (unpaired) electrons. The normalized spacial score (nSPS) is 10.9. The maximum Gasteiger partial charge on any atom is 0.161 e. The van der Waals surface area contributed by atoms with Gasteiger partial charge in [0.1, 0.15) is 18.2 Å². The quantitative estimate of drug-likeness (QED) is 0.352. The van der Waals surface area contributed by atoms with E-state index in [0.717, 1.165) is 52.6 Å². The second kappa shape index (κ2) is 9.35. The van der Waals surface area contributed by atoms with E-state index < -0.39 is 0 Å². The summed E-state index contributed by atoms with van der Waals surface area (Å²) in [7, 11) is 1.65. The van der Waals surface area contributed by atoms with Crippen LogP contribution in [-0.4, -0.2) is 23.3 Å². The van der Waals surface area contributed by atoms with Gasteiger partial charge in [-0.15, -0.1) is 0 Å². The van der Waals surface area contributed by atoms with Gasteiger partial charge in [0.15, 0.2) is 11.5 Å². The van der Waals surface area contributed by atoms with Crippen molar-refractivity contribution in [2.75, 3.05) is 13.7 Å². The SMILES string of the molecule is COc1ccccc1OCCCn1c(COc2ccccc2C)nc2ccccc21. The van der Waals surface area contributed by atoms with E-state index in [1.165, 1.54) is 0 Å². The molecular formula is C25H26N2O3. The number of aromatic nitrogens is 2. The average molecular weight is 402 g/mol. The summed E-state index contributed by atoms with van der Waals surface area (Å²) in [6.45, 7) is 3.85. The van der Waals surface area contributed by atoms with Gasteiger partial charge in [-0.1, -0.05) is 42.5 Å². The highest BCUT2D eigenvalue weighted by Crippen LogP contribution is 2.26. The number of hydrogen-bond donors (Lipinski definition) is 0. The molecule has 0 aliphatic carbocycles. The molecule has 0 bridgehead atoms. The molecule has 4 aromatic rings. The van der Waals surface area contributed by atoms with Crippen LogP contribution in [0, 0.1) is 6.92 Å². The summed E-state index contributed by atoms with van der Waals surface area (Å²) in [4.78, 5) is 4.80. The molecule has 0 N–H and O–H groups in total. The molecule has 5 heteroatoms. The summed E-state index contributed by atoms with van der Waals surface area (Å²) in [6.07, 6.45) is 0.843. The number of imidazole rings is 1. The fourth-order valence-corrected chi connectivity index (χ4v) is 3.49. The first-order valence-electron chi connectivity index (χ1n) is 10.1. The van der Waals surface area contributed by atoms with Gasteiger partial charge in [0, 0.05) is 6.54 Å². The van der Waals surface area contributed by atoms with Crippen LogP contribution >= 0.6 is 0 Å². The summed E-state index contributed by atoms with van der Waals surface area (Å²) >= 11 is 0. The van der Waals surface area contributed by atoms with Crippen molar-refractivity contribution < 1.29 is 14.2 Å². The number of rotatable bonds is 9. The van der Waals surface area contributed by atoms with E-state index in [-0.39, 0.29) is 0 Å². The largest absolute Gasteiger partial charge is 0.493 e. The molecule has 0 spiro atoms. The second-order valence-corrected chi connectivity index (χ2v) is 7.08. The van der Waals surface area contributed by atoms with E-state index in [4.69, 9.17) is 19.2 Å². The Labute approximate surface area is 176 Å². The van der Waals surface area contributed by atoms with Crippen molar-refractivity contribution in [1.29, 1.82) is 0 Å². The molecule has 1 aromatic heterocycles. The first-order chi connectivity index (χ1) is 14.8. The minimum atomic E-state index is 0.424. The monoisotopic (exact) mass is 402 g/mol. The Kier molecular flexibility index (Phi) is 6.18. The van der Waals surface area contributed by atoms with Gasteiger partial charge >= 0.3 is 0 Å². The first kappa shape index (κ1) is 19.8. The molecule has 4 rings (SSSR count). The zero-order valence-electron chi connectivity index (χ0n) is 17.4. The molecule has 154 valence electrons. The van der Waals surface area contributed by atoms with Crippen molar-refractivity contribution >= 4 is 11.0 Å². The number of para-hydroxylation sites is 5. The number of fused-ring (bicyclic) bond motifs is 1. The maximum absolute atomic E-state index is 6.07. The van der Waals surface area contributed by atoms with Crippen LogP contribution < -0.4 is 14.2 Å². The van der Waals surface area contributed by atoms with Crippen molar-refractivity contribution in [2.24, 2.45) is 0 Å². The van der Waals surface area contributed by atoms with Crippen LogP contribution in [0.3, 0.4) is 0 Å². The third-order valence-corrected chi connectivity index (χ3v) is 5.04. The lowest BCUT2D eigenvalue weighted by atomic mass is 10.2. The summed E-state index contributed by atoms with van der Waals surface area (Å²) in [5.74, 6) is 3.31. The third-order valence-electron chi connectivity index (χ3n) is 5.04. The number of hydrogen-bond acceptors (Lipinski definition) is 4. The van der Waals surface area contributed by atoms with Crippen LogP contribution in [0.15, 0.2) is 72.8 Å². The van der Waals surface area contributed by atoms with Crippen LogP contribution in [0.2, 0.25) is 0 Å². The standard InChI is InChI=1S/C25H26N2O3/c1-19-10-3-6-13-22(19)30-18-25-26-20-11-4-5-12-21(20)27(25)16-9-17-29-24-15-8-7-14-23(24)28-2/h3-8,10-15H,9,16-18H2,1-2H3. The molecule has 0 fully saturated rings. The van der Waals surface area contributed by atoms with Gasteiger partial charge in [0.25, 0.3) is 0 Å². The first-order valence-corrected chi connectivity index (χ1v) is 10.1. The van der Waals surface area contributed by atoms with E-state index in [1.54, 1.807) is 7.11 Å². The highest BCUT2D eigenvalue weighted by atomic mass is 16.5. The molecule has 0 unspecified atom stereocenters. The van der Waals surface area contributed by atoms with Crippen molar-refractivity contribution in [2.45, 2.75) is 26.5 Å². The zero-order valence-corrected chi connectivity index (χ0v) is 17.4. The molecule has 0 amide bonds. The molecule has 0 atom stereocenters. The number of nitrogens with zero attached hydrogens (tertiary/aromatic N) is 2. The Balaban J connectivity index is 1.45. The molecule has 0 saturated heterocycles. The molecular weight excluding hydrogens is 376 g/mol. The highest BCUT2D eigenvalue weighted by Gasteiger charge is 2.12. The van der Waals surface area contributed by atoms with Crippen LogP contribution in [0.25, 0.3) is 11.0 Å². The molecule has 0 aliphatic heterocycles. The summed E-state index contributed by atoms with van der Waals surface area (Å²) in [6, 6.07) is 23.9. The van der Waals surface area contributed by atoms with Gasteiger partial charge in [-0.25, -0.2) is 4.98 Å². The number of benzene rings is 3. The smallest absolute Gasteiger partial charge is 0.161 e. The van der Waals surface area contributed by atoms with Crippen LogP contribution in [0.1, 0.15) is 17.8 Å². The van der Waals surface area contributed by atoms with Gasteiger partial charge in [-0.2, -0.15) is 0 Å². The molecule has 0 aliphatic rings. The molecule has 1 heterocycles. The Bertz CT molecular complexity index is 1120. The lowest BCUT2D eigenvalue weighted by Crippen LogP contribution is -2.10. The summed E-state index contributed by atoms with van der Waals surface area (Å²) < 4.78 is 19.6. The Morgan fingerprint density at radius 3 is 2.30 bits per heavy atom. The lowest BCUT2D eigenvalue weighted by molar-refractivity contribution is 0.272. The van der Waals surface area contributed by atoms with Crippen LogP contribution in [-0.2, 0) is 13.2 Å². The van der Waals surface area contributed by atoms with E-state index in [1.807, 2.05) is 73.7 Å². The third kappa shape index (κ3) is 4.40. The Morgan fingerprint density at radius 2 is 1.50 bits per heavy atom. The lowest BCUT2D eigenvalue weighted by Gasteiger charge is -2.13. The molecule has 0 saturated carbocycles. The predicted molar refractivity (Wildman–Crippen MR) is 118 cm³/mol. The van der Waals surface area contributed by atoms with E-state index in [9.17, 15) is 0 Å². The second-order valence-electron chi connectivity index (χ2n) is 7.08. The van der Waals surface area contributed by atoms with Gasteiger partial charge in [0.05, 0.1) is 24.8 Å². The molecule has 3 aromatic carbocycles. The van der Waals surface area contributed by atoms with Crippen LogP contribution in [0.5, 0.6) is 17.2 Å². The summed E-state index contributed by atoms with van der Waals surface area (Å²) in [5, 5.41) is 0. The maximum atomic E-state index is 6.07. The predicted octanol–water partition coefficient (Wildman–Crippen LogP) is 5.40. The van der Waals surface area contributed by atoms with Gasteiger partial charge in [0.2, 0.25) is 0 Å². The van der Waals surface area contributed by atoms with E-state index in [2.05, 4.69) is 10.6 Å². The van der Waals surface area contributed by atoms with Crippen molar-refractivity contribution in [3.05, 3.63) is 84.2 Å². The number of methoxy groups -OCH3 is 1. The average Bonchev–Trinajstić information content (AvgIpc) is 3.14. The fourth-order valence-electron chi connectivity index (χ4n) is 3.49. The molecule has 5 nitrogen and oxygen atoms in total. The van der Waals surface area contributed by atoms with Crippen molar-refractivity contribution in [3.8, 4) is 17.2 Å². The van der Waals surface area contributed by atoms with Gasteiger partial charge in [-0.3, -0.25) is 0 Å². The van der Waals surface area contributed by atoms with E-state index >= 15 is 0 Å². The summed E-state index contributed by atoms with van der Waals surface area (Å²) in [5.41, 5.74) is 3.20. The minimum Gasteiger partial charge on any atom is -0.493 e. The fraction of sp³-hybridized carbons (Fsp3) is 0.240. The van der Waals surface area contributed by atoms with Crippen molar-refractivity contribution in [3.63, 3.8) is 0 Å². The number of aryl methyl sites for hydroxylation is 2. The number of ether oxygens (including phenoxy) is 3. The Hall–Kier alpha value is -3.47. The van der Waals surface area contributed by atoms with Gasteiger partial charge < -0.3 is 18.8 Å².